The van der Waals surface area contributed by atoms with Crippen molar-refractivity contribution < 1.29 is 0 Å². The van der Waals surface area contributed by atoms with E-state index in [9.17, 15) is 0 Å². The first-order chi connectivity index (χ1) is 25.8. The molecular weight excluding hydrogens is 635 g/mol. The van der Waals surface area contributed by atoms with Crippen LogP contribution in [0.25, 0.3) is 90.0 Å². The van der Waals surface area contributed by atoms with Gasteiger partial charge in [-0.2, -0.15) is 0 Å². The second-order valence-electron chi connectivity index (χ2n) is 12.5. The van der Waals surface area contributed by atoms with Crippen LogP contribution in [0.2, 0.25) is 0 Å². The molecule has 0 spiro atoms. The molecule has 0 bridgehead atoms. The van der Waals surface area contributed by atoms with Gasteiger partial charge in [0, 0.05) is 33.4 Å². The molecule has 0 fully saturated rings. The third-order valence-electron chi connectivity index (χ3n) is 9.18. The third-order valence-corrected chi connectivity index (χ3v) is 9.18. The summed E-state index contributed by atoms with van der Waals surface area (Å²) in [4.78, 5) is 25.1. The second kappa shape index (κ2) is 13.7. The molecule has 0 aliphatic carbocycles. The van der Waals surface area contributed by atoms with E-state index >= 15 is 0 Å². The van der Waals surface area contributed by atoms with E-state index in [0.717, 1.165) is 61.3 Å². The van der Waals surface area contributed by atoms with E-state index in [-0.39, 0.29) is 0 Å². The maximum Gasteiger partial charge on any atom is 0.164 e. The standard InChI is InChI=1S/C47H31N5/c1-4-16-34(17-5-1)42-31-43(40-26-14-22-32-15-10-11-23-38(32)40)49-44(48-42)37-29-27-33(28-30-37)39-24-12-13-25-41(39)47-51-45(35-18-6-2-7-19-35)50-46(52-47)36-20-8-3-9-21-36/h1-31H. The monoisotopic (exact) mass is 665 g/mol. The second-order valence-corrected chi connectivity index (χ2v) is 12.5. The lowest BCUT2D eigenvalue weighted by atomic mass is 9.97. The predicted molar refractivity (Wildman–Crippen MR) is 211 cm³/mol. The minimum atomic E-state index is 0.617. The van der Waals surface area contributed by atoms with Crippen molar-refractivity contribution in [2.75, 3.05) is 0 Å². The summed E-state index contributed by atoms with van der Waals surface area (Å²) in [6.07, 6.45) is 0. The molecule has 2 aromatic heterocycles. The highest BCUT2D eigenvalue weighted by atomic mass is 15.0. The van der Waals surface area contributed by atoms with Crippen molar-refractivity contribution in [3.8, 4) is 79.2 Å². The molecule has 9 rings (SSSR count). The largest absolute Gasteiger partial charge is 0.228 e. The number of hydrogen-bond donors (Lipinski definition) is 0. The van der Waals surface area contributed by atoms with Crippen LogP contribution in [-0.2, 0) is 0 Å². The summed E-state index contributed by atoms with van der Waals surface area (Å²) in [5.41, 5.74) is 9.66. The molecule has 0 saturated carbocycles. The van der Waals surface area contributed by atoms with E-state index in [4.69, 9.17) is 24.9 Å². The molecule has 9 aromatic rings. The van der Waals surface area contributed by atoms with Crippen molar-refractivity contribution in [3.63, 3.8) is 0 Å². The van der Waals surface area contributed by atoms with Gasteiger partial charge < -0.3 is 0 Å². The van der Waals surface area contributed by atoms with Gasteiger partial charge in [-0.15, -0.1) is 0 Å². The van der Waals surface area contributed by atoms with Crippen LogP contribution >= 0.6 is 0 Å². The molecule has 0 radical (unpaired) electrons. The van der Waals surface area contributed by atoms with Gasteiger partial charge >= 0.3 is 0 Å². The lowest BCUT2D eigenvalue weighted by Crippen LogP contribution is -2.01. The van der Waals surface area contributed by atoms with E-state index in [0.29, 0.717) is 23.3 Å². The van der Waals surface area contributed by atoms with Crippen molar-refractivity contribution in [2.45, 2.75) is 0 Å². The average molecular weight is 666 g/mol. The highest BCUT2D eigenvalue weighted by molar-refractivity contribution is 5.96. The molecule has 0 N–H and O–H groups in total. The van der Waals surface area contributed by atoms with Gasteiger partial charge in [-0.3, -0.25) is 0 Å². The fraction of sp³-hybridized carbons (Fsp3) is 0. The molecule has 0 aliphatic rings. The molecule has 0 aliphatic heterocycles. The maximum atomic E-state index is 5.16. The van der Waals surface area contributed by atoms with Crippen LogP contribution < -0.4 is 0 Å². The first-order valence-electron chi connectivity index (χ1n) is 17.3. The van der Waals surface area contributed by atoms with Gasteiger partial charge in [-0.1, -0.05) is 182 Å². The molecule has 0 saturated heterocycles. The number of rotatable bonds is 7. The fourth-order valence-corrected chi connectivity index (χ4v) is 6.58. The van der Waals surface area contributed by atoms with Crippen LogP contribution in [0, 0.1) is 0 Å². The summed E-state index contributed by atoms with van der Waals surface area (Å²) in [6, 6.07) is 64.0. The topological polar surface area (TPSA) is 64.5 Å². The first kappa shape index (κ1) is 30.9. The fourth-order valence-electron chi connectivity index (χ4n) is 6.58. The molecule has 0 amide bonds. The van der Waals surface area contributed by atoms with Crippen molar-refractivity contribution in [3.05, 3.63) is 188 Å². The van der Waals surface area contributed by atoms with Gasteiger partial charge in [0.25, 0.3) is 0 Å². The lowest BCUT2D eigenvalue weighted by Gasteiger charge is -2.13. The van der Waals surface area contributed by atoms with Crippen LogP contribution in [0.5, 0.6) is 0 Å². The summed E-state index contributed by atoms with van der Waals surface area (Å²) >= 11 is 0. The van der Waals surface area contributed by atoms with Crippen molar-refractivity contribution in [1.29, 1.82) is 0 Å². The molecule has 0 unspecified atom stereocenters. The Balaban J connectivity index is 1.14. The summed E-state index contributed by atoms with van der Waals surface area (Å²) in [6.45, 7) is 0. The zero-order chi connectivity index (χ0) is 34.7. The van der Waals surface area contributed by atoms with Gasteiger partial charge in [-0.05, 0) is 28.0 Å². The quantitative estimate of drug-likeness (QED) is 0.169. The number of fused-ring (bicyclic) bond motifs is 1. The Morgan fingerprint density at radius 3 is 1.37 bits per heavy atom. The minimum absolute atomic E-state index is 0.617. The Bertz CT molecular complexity index is 2600. The smallest absolute Gasteiger partial charge is 0.164 e. The Morgan fingerprint density at radius 1 is 0.250 bits per heavy atom. The van der Waals surface area contributed by atoms with Gasteiger partial charge in [0.05, 0.1) is 11.4 Å². The van der Waals surface area contributed by atoms with Crippen LogP contribution in [0.1, 0.15) is 0 Å². The zero-order valence-electron chi connectivity index (χ0n) is 28.1. The normalized spacial score (nSPS) is 11.1. The highest BCUT2D eigenvalue weighted by Crippen LogP contribution is 2.35. The van der Waals surface area contributed by atoms with E-state index in [1.54, 1.807) is 0 Å². The Labute approximate surface area is 302 Å². The van der Waals surface area contributed by atoms with E-state index in [1.165, 1.54) is 5.39 Å². The molecular formula is C47H31N5. The van der Waals surface area contributed by atoms with E-state index in [1.807, 2.05) is 91.0 Å². The molecule has 52 heavy (non-hydrogen) atoms. The zero-order valence-corrected chi connectivity index (χ0v) is 28.1. The minimum Gasteiger partial charge on any atom is -0.228 e. The number of hydrogen-bond acceptors (Lipinski definition) is 5. The number of nitrogens with zero attached hydrogens (tertiary/aromatic N) is 5. The van der Waals surface area contributed by atoms with Crippen molar-refractivity contribution in [1.82, 2.24) is 24.9 Å². The first-order valence-corrected chi connectivity index (χ1v) is 17.3. The Morgan fingerprint density at radius 2 is 0.692 bits per heavy atom. The van der Waals surface area contributed by atoms with Gasteiger partial charge in [0.15, 0.2) is 23.3 Å². The Hall–Kier alpha value is -7.11. The maximum absolute atomic E-state index is 5.16. The number of aromatic nitrogens is 5. The van der Waals surface area contributed by atoms with Crippen molar-refractivity contribution in [2.24, 2.45) is 0 Å². The molecule has 5 nitrogen and oxygen atoms in total. The molecule has 2 heterocycles. The van der Waals surface area contributed by atoms with E-state index in [2.05, 4.69) is 97.1 Å². The molecule has 244 valence electrons. The van der Waals surface area contributed by atoms with Gasteiger partial charge in [0.2, 0.25) is 0 Å². The average Bonchev–Trinajstić information content (AvgIpc) is 3.24. The molecule has 7 aromatic carbocycles. The molecule has 5 heteroatoms. The summed E-state index contributed by atoms with van der Waals surface area (Å²) in [5.74, 6) is 2.55. The van der Waals surface area contributed by atoms with Gasteiger partial charge in [-0.25, -0.2) is 24.9 Å². The van der Waals surface area contributed by atoms with Gasteiger partial charge in [0.1, 0.15) is 0 Å². The van der Waals surface area contributed by atoms with Crippen molar-refractivity contribution >= 4 is 10.8 Å². The summed E-state index contributed by atoms with van der Waals surface area (Å²) in [7, 11) is 0. The van der Waals surface area contributed by atoms with Crippen LogP contribution in [-0.4, -0.2) is 24.9 Å². The van der Waals surface area contributed by atoms with Crippen LogP contribution in [0.3, 0.4) is 0 Å². The van der Waals surface area contributed by atoms with E-state index < -0.39 is 0 Å². The summed E-state index contributed by atoms with van der Waals surface area (Å²) < 4.78 is 0. The molecule has 0 atom stereocenters. The third kappa shape index (κ3) is 6.12. The predicted octanol–water partition coefficient (Wildman–Crippen LogP) is 11.5. The highest BCUT2D eigenvalue weighted by Gasteiger charge is 2.17. The van der Waals surface area contributed by atoms with Crippen LogP contribution in [0.15, 0.2) is 188 Å². The SMILES string of the molecule is c1ccc(-c2cc(-c3cccc4ccccc34)nc(-c3ccc(-c4ccccc4-c4nc(-c5ccccc5)nc(-c5ccccc5)n4)cc3)n2)cc1. The van der Waals surface area contributed by atoms with Crippen LogP contribution in [0.4, 0.5) is 0 Å². The number of benzene rings is 7. The summed E-state index contributed by atoms with van der Waals surface area (Å²) in [5, 5.41) is 2.33. The lowest BCUT2D eigenvalue weighted by molar-refractivity contribution is 1.07. The Kier molecular flexibility index (Phi) is 8.12.